The fraction of sp³-hybridized carbons (Fsp3) is 0.312. The fourth-order valence-corrected chi connectivity index (χ4v) is 3.40. The van der Waals surface area contributed by atoms with E-state index in [4.69, 9.17) is 9.47 Å². The Bertz CT molecular complexity index is 1450. The first-order valence-electron chi connectivity index (χ1n) is 12.8. The Morgan fingerprint density at radius 1 is 0.684 bits per heavy atom. The van der Waals surface area contributed by atoms with E-state index in [1.54, 1.807) is 60.7 Å². The third-order valence-corrected chi connectivity index (χ3v) is 6.94. The highest BCUT2D eigenvalue weighted by molar-refractivity contribution is 5.94. The number of phenolic OH excluding ortho intramolecular Hbond substituents is 2. The molecule has 200 valence electrons. The smallest absolute Gasteiger partial charge is 0.316 e. The predicted octanol–water partition coefficient (Wildman–Crippen LogP) is 7.77. The van der Waals surface area contributed by atoms with Crippen molar-refractivity contribution in [3.63, 3.8) is 0 Å². The van der Waals surface area contributed by atoms with Crippen LogP contribution in [0.2, 0.25) is 0 Å². The monoisotopic (exact) mass is 516 g/mol. The molecule has 0 spiro atoms. The van der Waals surface area contributed by atoms with Gasteiger partial charge in [0.05, 0.1) is 10.8 Å². The van der Waals surface area contributed by atoms with E-state index >= 15 is 0 Å². The van der Waals surface area contributed by atoms with Crippen molar-refractivity contribution in [2.45, 2.75) is 54.4 Å². The Morgan fingerprint density at radius 3 is 1.89 bits per heavy atom. The van der Waals surface area contributed by atoms with Gasteiger partial charge in [0.1, 0.15) is 23.0 Å². The van der Waals surface area contributed by atoms with E-state index in [-0.39, 0.29) is 23.4 Å². The highest BCUT2D eigenvalue weighted by Crippen LogP contribution is 2.33. The second kappa shape index (κ2) is 11.5. The molecule has 0 aliphatic carbocycles. The summed E-state index contributed by atoms with van der Waals surface area (Å²) in [6.45, 7) is 11.4. The van der Waals surface area contributed by atoms with Crippen LogP contribution in [0.15, 0.2) is 72.8 Å². The van der Waals surface area contributed by atoms with Crippen LogP contribution in [0.1, 0.15) is 54.4 Å². The minimum Gasteiger partial charge on any atom is -0.508 e. The van der Waals surface area contributed by atoms with E-state index in [2.05, 4.69) is 0 Å². The van der Waals surface area contributed by atoms with Gasteiger partial charge in [0.2, 0.25) is 0 Å². The molecule has 0 heterocycles. The number of phenols is 2. The van der Waals surface area contributed by atoms with Gasteiger partial charge in [0, 0.05) is 10.8 Å². The van der Waals surface area contributed by atoms with E-state index < -0.39 is 10.8 Å². The van der Waals surface area contributed by atoms with Crippen LogP contribution in [-0.4, -0.2) is 22.2 Å². The Labute approximate surface area is 223 Å². The first-order chi connectivity index (χ1) is 17.9. The molecule has 38 heavy (non-hydrogen) atoms. The largest absolute Gasteiger partial charge is 0.508 e. The average molecular weight is 517 g/mol. The summed E-state index contributed by atoms with van der Waals surface area (Å²) < 4.78 is 10.9. The molecule has 2 N–H and O–H groups in total. The topological polar surface area (TPSA) is 93.1 Å². The summed E-state index contributed by atoms with van der Waals surface area (Å²) in [4.78, 5) is 24.1. The molecule has 4 rings (SSSR count). The quantitative estimate of drug-likeness (QED) is 0.201. The molecule has 0 atom stereocenters. The number of fused-ring (bicyclic) bond motifs is 2. The highest BCUT2D eigenvalue weighted by Gasteiger charge is 2.28. The van der Waals surface area contributed by atoms with Crippen molar-refractivity contribution in [3.8, 4) is 23.0 Å². The summed E-state index contributed by atoms with van der Waals surface area (Å²) in [5.74, 6) is 0.943. The zero-order valence-corrected chi connectivity index (χ0v) is 22.9. The first-order valence-corrected chi connectivity index (χ1v) is 12.8. The van der Waals surface area contributed by atoms with Crippen molar-refractivity contribution in [2.24, 2.45) is 10.8 Å². The van der Waals surface area contributed by atoms with Crippen LogP contribution in [0.5, 0.6) is 23.0 Å². The van der Waals surface area contributed by atoms with E-state index in [1.807, 2.05) is 53.7 Å². The van der Waals surface area contributed by atoms with Crippen LogP contribution in [0.3, 0.4) is 0 Å². The van der Waals surface area contributed by atoms with Gasteiger partial charge in [-0.3, -0.25) is 9.59 Å². The van der Waals surface area contributed by atoms with Gasteiger partial charge in [0.25, 0.3) is 0 Å². The summed E-state index contributed by atoms with van der Waals surface area (Å²) >= 11 is 0. The van der Waals surface area contributed by atoms with Crippen molar-refractivity contribution in [1.82, 2.24) is 0 Å². The Balaban J connectivity index is 0.000000211. The Morgan fingerprint density at radius 2 is 1.24 bits per heavy atom. The van der Waals surface area contributed by atoms with Crippen molar-refractivity contribution < 1.29 is 29.3 Å². The minimum atomic E-state index is -0.515. The predicted molar refractivity (Wildman–Crippen MR) is 151 cm³/mol. The number of hydrogen-bond donors (Lipinski definition) is 2. The van der Waals surface area contributed by atoms with Gasteiger partial charge < -0.3 is 19.7 Å². The number of aromatic hydroxyl groups is 2. The highest BCUT2D eigenvalue weighted by atomic mass is 16.5. The van der Waals surface area contributed by atoms with E-state index in [1.165, 1.54) is 0 Å². The van der Waals surface area contributed by atoms with Crippen LogP contribution in [0, 0.1) is 10.8 Å². The van der Waals surface area contributed by atoms with Gasteiger partial charge in [-0.05, 0) is 87.7 Å². The van der Waals surface area contributed by atoms with Gasteiger partial charge >= 0.3 is 11.9 Å². The summed E-state index contributed by atoms with van der Waals surface area (Å²) in [5.41, 5.74) is -0.997. The second-order valence-electron chi connectivity index (χ2n) is 10.6. The van der Waals surface area contributed by atoms with Gasteiger partial charge in [-0.2, -0.15) is 0 Å². The molecule has 6 heteroatoms. The average Bonchev–Trinajstić information content (AvgIpc) is 2.89. The molecule has 0 aromatic heterocycles. The third kappa shape index (κ3) is 6.62. The molecule has 0 fully saturated rings. The van der Waals surface area contributed by atoms with Crippen molar-refractivity contribution in [3.05, 3.63) is 72.8 Å². The lowest BCUT2D eigenvalue weighted by Gasteiger charge is -2.20. The lowest BCUT2D eigenvalue weighted by molar-refractivity contribution is -0.144. The molecule has 0 aliphatic heterocycles. The number of carbonyl (C=O) groups is 2. The molecule has 0 saturated carbocycles. The molecule has 4 aromatic carbocycles. The van der Waals surface area contributed by atoms with E-state index in [9.17, 15) is 19.8 Å². The van der Waals surface area contributed by atoms with Gasteiger partial charge in [-0.15, -0.1) is 0 Å². The maximum atomic E-state index is 12.1. The van der Waals surface area contributed by atoms with Crippen LogP contribution in [0.4, 0.5) is 0 Å². The van der Waals surface area contributed by atoms with Crippen LogP contribution in [0.25, 0.3) is 21.5 Å². The molecule has 4 aromatic rings. The lowest BCUT2D eigenvalue weighted by Crippen LogP contribution is -2.28. The second-order valence-corrected chi connectivity index (χ2v) is 10.6. The number of ether oxygens (including phenoxy) is 2. The van der Waals surface area contributed by atoms with Crippen molar-refractivity contribution >= 4 is 33.5 Å². The summed E-state index contributed by atoms with van der Waals surface area (Å²) in [7, 11) is 0. The maximum absolute atomic E-state index is 12.1. The summed E-state index contributed by atoms with van der Waals surface area (Å²) in [6.07, 6.45) is 1.44. The fourth-order valence-electron chi connectivity index (χ4n) is 3.40. The molecule has 0 amide bonds. The number of carbonyl (C=O) groups excluding carboxylic acids is 2. The standard InChI is InChI=1S/2C16H18O3/c1-4-16(2,3)15(18)19-14-10-6-7-11-12(14)8-5-9-13(11)17;1-4-16(2,3)15(18)19-14-8-6-11-9-13(17)7-5-12(11)10-14/h2*5-10,17H,4H2,1-3H3. The van der Waals surface area contributed by atoms with Crippen LogP contribution >= 0.6 is 0 Å². The third-order valence-electron chi connectivity index (χ3n) is 6.94. The molecule has 0 radical (unpaired) electrons. The van der Waals surface area contributed by atoms with E-state index in [0.717, 1.165) is 22.6 Å². The zero-order chi connectivity index (χ0) is 28.1. The molecule has 0 aliphatic rings. The Hall–Kier alpha value is -4.06. The molecule has 6 nitrogen and oxygen atoms in total. The maximum Gasteiger partial charge on any atom is 0.316 e. The molecular weight excluding hydrogens is 480 g/mol. The van der Waals surface area contributed by atoms with Gasteiger partial charge in [-0.1, -0.05) is 50.2 Å². The number of rotatable bonds is 6. The molecule has 0 bridgehead atoms. The first kappa shape index (κ1) is 28.5. The number of esters is 2. The minimum absolute atomic E-state index is 0.185. The molecule has 0 saturated heterocycles. The Kier molecular flexibility index (Phi) is 8.67. The summed E-state index contributed by atoms with van der Waals surface area (Å²) in [5, 5.41) is 22.5. The van der Waals surface area contributed by atoms with Crippen molar-refractivity contribution in [1.29, 1.82) is 0 Å². The van der Waals surface area contributed by atoms with Crippen molar-refractivity contribution in [2.75, 3.05) is 0 Å². The summed E-state index contributed by atoms with van der Waals surface area (Å²) in [6, 6.07) is 21.0. The lowest BCUT2D eigenvalue weighted by atomic mass is 9.90. The normalized spacial score (nSPS) is 11.5. The van der Waals surface area contributed by atoms with Crippen LogP contribution < -0.4 is 9.47 Å². The molecule has 0 unspecified atom stereocenters. The number of hydrogen-bond acceptors (Lipinski definition) is 6. The zero-order valence-electron chi connectivity index (χ0n) is 22.9. The van der Waals surface area contributed by atoms with E-state index in [0.29, 0.717) is 23.3 Å². The van der Waals surface area contributed by atoms with Gasteiger partial charge in [0.15, 0.2) is 0 Å². The number of benzene rings is 4. The van der Waals surface area contributed by atoms with Crippen LogP contribution in [-0.2, 0) is 9.59 Å². The molecular formula is C32H36O6. The SMILES string of the molecule is CCC(C)(C)C(=O)Oc1ccc2cc(O)ccc2c1.CCC(C)(C)C(=O)Oc1cccc2c(O)cccc12. The van der Waals surface area contributed by atoms with Gasteiger partial charge in [-0.25, -0.2) is 0 Å².